The van der Waals surface area contributed by atoms with E-state index in [-0.39, 0.29) is 17.3 Å². The lowest BCUT2D eigenvalue weighted by atomic mass is 10.1. The fraction of sp³-hybridized carbons (Fsp3) is 0.316. The van der Waals surface area contributed by atoms with Crippen LogP contribution in [0.5, 0.6) is 0 Å². The number of sulfone groups is 1. The van der Waals surface area contributed by atoms with E-state index in [0.29, 0.717) is 37.3 Å². The summed E-state index contributed by atoms with van der Waals surface area (Å²) in [5, 5.41) is 10.8. The molecular weight excluding hydrogens is 382 g/mol. The van der Waals surface area contributed by atoms with Crippen molar-refractivity contribution in [3.05, 3.63) is 69.8 Å². The molecule has 1 amide bonds. The number of nitro benzene ring substituents is 1. The first kappa shape index (κ1) is 19.8. The Morgan fingerprint density at radius 2 is 1.71 bits per heavy atom. The van der Waals surface area contributed by atoms with Crippen molar-refractivity contribution in [2.24, 2.45) is 0 Å². The molecule has 1 saturated heterocycles. The number of hydrogen-bond donors (Lipinski definition) is 0. The van der Waals surface area contributed by atoms with Gasteiger partial charge >= 0.3 is 0 Å². The van der Waals surface area contributed by atoms with Gasteiger partial charge in [-0.3, -0.25) is 14.9 Å². The quantitative estimate of drug-likeness (QED) is 0.560. The summed E-state index contributed by atoms with van der Waals surface area (Å²) in [4.78, 5) is 26.9. The van der Waals surface area contributed by atoms with Gasteiger partial charge in [-0.05, 0) is 29.8 Å². The summed E-state index contributed by atoms with van der Waals surface area (Å²) in [6.45, 7) is 2.28. The van der Waals surface area contributed by atoms with Crippen LogP contribution in [0.25, 0.3) is 0 Å². The number of rotatable bonds is 5. The van der Waals surface area contributed by atoms with Crippen LogP contribution in [-0.2, 0) is 15.6 Å². The van der Waals surface area contributed by atoms with Gasteiger partial charge in [-0.1, -0.05) is 12.1 Å². The second kappa shape index (κ2) is 7.97. The second-order valence-electron chi connectivity index (χ2n) is 6.82. The standard InChI is InChI=1S/C19H21N3O5S/c1-28(26,27)14-15-3-2-4-16(13-15)19(23)21-11-9-20(10-12-21)17-5-7-18(8-6-17)22(24)25/h2-8,13H,9-12,14H2,1H3. The normalized spacial score (nSPS) is 14.8. The Morgan fingerprint density at radius 3 is 2.29 bits per heavy atom. The first-order chi connectivity index (χ1) is 13.2. The van der Waals surface area contributed by atoms with Crippen LogP contribution in [0.2, 0.25) is 0 Å². The predicted octanol–water partition coefficient (Wildman–Crippen LogP) is 2.10. The number of anilines is 1. The Labute approximate surface area is 163 Å². The van der Waals surface area contributed by atoms with E-state index >= 15 is 0 Å². The molecule has 1 aliphatic heterocycles. The van der Waals surface area contributed by atoms with Crippen molar-refractivity contribution in [3.63, 3.8) is 0 Å². The van der Waals surface area contributed by atoms with Gasteiger partial charge < -0.3 is 9.80 Å². The maximum Gasteiger partial charge on any atom is 0.269 e. The SMILES string of the molecule is CS(=O)(=O)Cc1cccc(C(=O)N2CCN(c3ccc([N+](=O)[O-])cc3)CC2)c1. The minimum absolute atomic E-state index is 0.0477. The molecule has 0 spiro atoms. The van der Waals surface area contributed by atoms with Crippen LogP contribution in [0, 0.1) is 10.1 Å². The van der Waals surface area contributed by atoms with Crippen LogP contribution >= 0.6 is 0 Å². The molecule has 0 radical (unpaired) electrons. The molecule has 148 valence electrons. The third-order valence-corrected chi connectivity index (χ3v) is 5.45. The monoisotopic (exact) mass is 403 g/mol. The molecule has 3 rings (SSSR count). The van der Waals surface area contributed by atoms with Gasteiger partial charge in [0.2, 0.25) is 0 Å². The van der Waals surface area contributed by atoms with Crippen molar-refractivity contribution in [1.29, 1.82) is 0 Å². The summed E-state index contributed by atoms with van der Waals surface area (Å²) in [5.41, 5.74) is 2.00. The highest BCUT2D eigenvalue weighted by molar-refractivity contribution is 7.89. The maximum absolute atomic E-state index is 12.8. The van der Waals surface area contributed by atoms with Gasteiger partial charge in [-0.2, -0.15) is 0 Å². The van der Waals surface area contributed by atoms with Gasteiger partial charge in [-0.15, -0.1) is 0 Å². The van der Waals surface area contributed by atoms with Gasteiger partial charge in [0.25, 0.3) is 11.6 Å². The molecule has 0 bridgehead atoms. The van der Waals surface area contributed by atoms with Crippen molar-refractivity contribution in [2.75, 3.05) is 37.3 Å². The summed E-state index contributed by atoms with van der Waals surface area (Å²) in [6.07, 6.45) is 1.17. The summed E-state index contributed by atoms with van der Waals surface area (Å²) in [7, 11) is -3.16. The Bertz CT molecular complexity index is 981. The molecule has 2 aromatic rings. The highest BCUT2D eigenvalue weighted by Crippen LogP contribution is 2.21. The van der Waals surface area contributed by atoms with Gasteiger partial charge in [0.15, 0.2) is 9.84 Å². The Morgan fingerprint density at radius 1 is 1.07 bits per heavy atom. The highest BCUT2D eigenvalue weighted by Gasteiger charge is 2.23. The van der Waals surface area contributed by atoms with Gasteiger partial charge in [0.05, 0.1) is 10.7 Å². The van der Waals surface area contributed by atoms with Crippen LogP contribution in [0.4, 0.5) is 11.4 Å². The predicted molar refractivity (Wildman–Crippen MR) is 106 cm³/mol. The zero-order valence-electron chi connectivity index (χ0n) is 15.4. The first-order valence-corrected chi connectivity index (χ1v) is 10.8. The van der Waals surface area contributed by atoms with E-state index in [2.05, 4.69) is 4.90 Å². The molecule has 1 heterocycles. The fourth-order valence-corrected chi connectivity index (χ4v) is 4.02. The summed E-state index contributed by atoms with van der Waals surface area (Å²) < 4.78 is 22.9. The molecule has 0 atom stereocenters. The number of nitrogens with zero attached hydrogens (tertiary/aromatic N) is 3. The number of hydrogen-bond acceptors (Lipinski definition) is 6. The molecule has 0 saturated carbocycles. The largest absolute Gasteiger partial charge is 0.368 e. The number of nitro groups is 1. The van der Waals surface area contributed by atoms with Crippen molar-refractivity contribution in [2.45, 2.75) is 5.75 Å². The third kappa shape index (κ3) is 4.86. The fourth-order valence-electron chi connectivity index (χ4n) is 3.23. The van der Waals surface area contributed by atoms with Crippen LogP contribution in [0.15, 0.2) is 48.5 Å². The van der Waals surface area contributed by atoms with Crippen LogP contribution in [-0.4, -0.2) is 56.6 Å². The molecule has 28 heavy (non-hydrogen) atoms. The van der Waals surface area contributed by atoms with E-state index in [1.165, 1.54) is 18.4 Å². The summed E-state index contributed by atoms with van der Waals surface area (Å²) in [5.74, 6) is -0.221. The van der Waals surface area contributed by atoms with E-state index in [9.17, 15) is 23.3 Å². The molecule has 8 nitrogen and oxygen atoms in total. The van der Waals surface area contributed by atoms with E-state index in [1.807, 2.05) is 0 Å². The number of carbonyl (C=O) groups excluding carboxylic acids is 1. The number of non-ortho nitro benzene ring substituents is 1. The lowest BCUT2D eigenvalue weighted by Gasteiger charge is -2.36. The number of carbonyl (C=O) groups is 1. The molecule has 1 aliphatic rings. The third-order valence-electron chi connectivity index (χ3n) is 4.60. The van der Waals surface area contributed by atoms with Crippen LogP contribution < -0.4 is 4.90 Å². The first-order valence-electron chi connectivity index (χ1n) is 8.78. The zero-order chi connectivity index (χ0) is 20.3. The lowest BCUT2D eigenvalue weighted by molar-refractivity contribution is -0.384. The van der Waals surface area contributed by atoms with E-state index < -0.39 is 14.8 Å². The van der Waals surface area contributed by atoms with E-state index in [1.54, 1.807) is 41.3 Å². The smallest absolute Gasteiger partial charge is 0.269 e. The summed E-state index contributed by atoms with van der Waals surface area (Å²) >= 11 is 0. The molecular formula is C19H21N3O5S. The van der Waals surface area contributed by atoms with Crippen molar-refractivity contribution < 1.29 is 18.1 Å². The molecule has 0 aliphatic carbocycles. The molecule has 0 unspecified atom stereocenters. The minimum atomic E-state index is -3.16. The number of benzene rings is 2. The molecule has 0 N–H and O–H groups in total. The molecule has 0 aromatic heterocycles. The second-order valence-corrected chi connectivity index (χ2v) is 8.96. The maximum atomic E-state index is 12.8. The van der Waals surface area contributed by atoms with Crippen molar-refractivity contribution >= 4 is 27.1 Å². The van der Waals surface area contributed by atoms with Gasteiger partial charge in [-0.25, -0.2) is 8.42 Å². The van der Waals surface area contributed by atoms with Crippen LogP contribution in [0.3, 0.4) is 0 Å². The summed E-state index contributed by atoms with van der Waals surface area (Å²) in [6, 6.07) is 13.1. The van der Waals surface area contributed by atoms with Gasteiger partial charge in [0, 0.05) is 55.8 Å². The highest BCUT2D eigenvalue weighted by atomic mass is 32.2. The number of amides is 1. The minimum Gasteiger partial charge on any atom is -0.368 e. The molecule has 2 aromatic carbocycles. The average molecular weight is 403 g/mol. The van der Waals surface area contributed by atoms with Crippen molar-refractivity contribution in [3.8, 4) is 0 Å². The average Bonchev–Trinajstić information content (AvgIpc) is 2.66. The van der Waals surface area contributed by atoms with Crippen LogP contribution in [0.1, 0.15) is 15.9 Å². The van der Waals surface area contributed by atoms with E-state index in [4.69, 9.17) is 0 Å². The lowest BCUT2D eigenvalue weighted by Crippen LogP contribution is -2.48. The Balaban J connectivity index is 1.64. The van der Waals surface area contributed by atoms with Crippen molar-refractivity contribution in [1.82, 2.24) is 4.90 Å². The Hall–Kier alpha value is -2.94. The molecule has 9 heteroatoms. The van der Waals surface area contributed by atoms with Gasteiger partial charge in [0.1, 0.15) is 0 Å². The van der Waals surface area contributed by atoms with E-state index in [0.717, 1.165) is 5.69 Å². The number of piperazine rings is 1. The molecule has 1 fully saturated rings. The zero-order valence-corrected chi connectivity index (χ0v) is 16.3. The topological polar surface area (TPSA) is 101 Å². The Kier molecular flexibility index (Phi) is 5.64.